The van der Waals surface area contributed by atoms with Crippen LogP contribution in [0.5, 0.6) is 0 Å². The van der Waals surface area contributed by atoms with Crippen LogP contribution in [0.15, 0.2) is 0 Å². The zero-order valence-corrected chi connectivity index (χ0v) is 8.61. The second-order valence-corrected chi connectivity index (χ2v) is 3.72. The Labute approximate surface area is 83.3 Å². The van der Waals surface area contributed by atoms with Crippen molar-refractivity contribution < 1.29 is 24.4 Å². The fourth-order valence-electron chi connectivity index (χ4n) is 1.01. The molecule has 86 valence electrons. The lowest BCUT2D eigenvalue weighted by Crippen LogP contribution is -2.17. The fraction of sp³-hybridized carbons (Fsp3) is 1.00. The van der Waals surface area contributed by atoms with E-state index in [1.807, 2.05) is 0 Å². The SMILES string of the molecule is CC(C)(O)O.OCCC1OCCC1F. The largest absolute Gasteiger partial charge is 0.396 e. The van der Waals surface area contributed by atoms with Crippen molar-refractivity contribution in [1.29, 1.82) is 0 Å². The first-order valence-electron chi connectivity index (χ1n) is 4.66. The van der Waals surface area contributed by atoms with E-state index >= 15 is 0 Å². The molecule has 1 aliphatic heterocycles. The van der Waals surface area contributed by atoms with Crippen molar-refractivity contribution in [3.8, 4) is 0 Å². The third-order valence-corrected chi connectivity index (χ3v) is 1.54. The summed E-state index contributed by atoms with van der Waals surface area (Å²) in [6.07, 6.45) is -0.265. The van der Waals surface area contributed by atoms with Crippen LogP contribution in [0.2, 0.25) is 0 Å². The summed E-state index contributed by atoms with van der Waals surface area (Å²) in [5.41, 5.74) is 0. The van der Waals surface area contributed by atoms with Crippen LogP contribution in [0, 0.1) is 0 Å². The second kappa shape index (κ2) is 6.29. The van der Waals surface area contributed by atoms with Crippen molar-refractivity contribution in [2.45, 2.75) is 44.8 Å². The molecule has 1 aliphatic rings. The molecule has 4 nitrogen and oxygen atoms in total. The van der Waals surface area contributed by atoms with Crippen LogP contribution in [-0.2, 0) is 4.74 Å². The van der Waals surface area contributed by atoms with E-state index in [2.05, 4.69) is 0 Å². The summed E-state index contributed by atoms with van der Waals surface area (Å²) < 4.78 is 17.5. The van der Waals surface area contributed by atoms with Crippen LogP contribution in [-0.4, -0.2) is 46.6 Å². The number of aliphatic hydroxyl groups is 3. The molecule has 1 heterocycles. The maximum absolute atomic E-state index is 12.5. The van der Waals surface area contributed by atoms with E-state index in [0.29, 0.717) is 19.4 Å². The molecule has 5 heteroatoms. The number of alkyl halides is 1. The van der Waals surface area contributed by atoms with Gasteiger partial charge in [-0.1, -0.05) is 0 Å². The summed E-state index contributed by atoms with van der Waals surface area (Å²) in [5, 5.41) is 24.6. The summed E-state index contributed by atoms with van der Waals surface area (Å²) in [6, 6.07) is 0. The molecular formula is C9H19FO4. The van der Waals surface area contributed by atoms with Crippen LogP contribution in [0.25, 0.3) is 0 Å². The van der Waals surface area contributed by atoms with Crippen LogP contribution in [0.3, 0.4) is 0 Å². The first-order chi connectivity index (χ1) is 6.34. The molecule has 2 unspecified atom stereocenters. The molecule has 1 saturated heterocycles. The minimum absolute atomic E-state index is 0.0189. The third kappa shape index (κ3) is 8.37. The van der Waals surface area contributed by atoms with E-state index in [1.54, 1.807) is 0 Å². The minimum atomic E-state index is -1.50. The molecule has 0 saturated carbocycles. The molecule has 0 aromatic rings. The highest BCUT2D eigenvalue weighted by Crippen LogP contribution is 2.18. The Kier molecular flexibility index (Phi) is 6.19. The van der Waals surface area contributed by atoms with Crippen molar-refractivity contribution in [1.82, 2.24) is 0 Å². The summed E-state index contributed by atoms with van der Waals surface area (Å²) in [5.74, 6) is -1.50. The molecule has 0 bridgehead atoms. The molecule has 0 aromatic heterocycles. The van der Waals surface area contributed by atoms with Crippen LogP contribution in [0.4, 0.5) is 4.39 Å². The van der Waals surface area contributed by atoms with Gasteiger partial charge in [0.2, 0.25) is 0 Å². The normalized spacial score (nSPS) is 27.0. The molecule has 0 spiro atoms. The van der Waals surface area contributed by atoms with Gasteiger partial charge in [0.1, 0.15) is 6.17 Å². The van der Waals surface area contributed by atoms with Gasteiger partial charge < -0.3 is 20.1 Å². The van der Waals surface area contributed by atoms with E-state index < -0.39 is 12.0 Å². The zero-order chi connectivity index (χ0) is 11.2. The third-order valence-electron chi connectivity index (χ3n) is 1.54. The maximum Gasteiger partial charge on any atom is 0.156 e. The average Bonchev–Trinajstić information content (AvgIpc) is 2.34. The summed E-state index contributed by atoms with van der Waals surface area (Å²) >= 11 is 0. The Hall–Kier alpha value is -0.230. The van der Waals surface area contributed by atoms with Gasteiger partial charge in [-0.05, 0) is 20.3 Å². The molecule has 14 heavy (non-hydrogen) atoms. The van der Waals surface area contributed by atoms with Crippen molar-refractivity contribution >= 4 is 0 Å². The number of rotatable bonds is 2. The van der Waals surface area contributed by atoms with Gasteiger partial charge in [-0.3, -0.25) is 0 Å². The molecule has 0 amide bonds. The molecule has 2 atom stereocenters. The Morgan fingerprint density at radius 2 is 1.93 bits per heavy atom. The van der Waals surface area contributed by atoms with Gasteiger partial charge >= 0.3 is 0 Å². The molecule has 1 rings (SSSR count). The van der Waals surface area contributed by atoms with E-state index in [4.69, 9.17) is 20.1 Å². The Morgan fingerprint density at radius 3 is 2.21 bits per heavy atom. The lowest BCUT2D eigenvalue weighted by Gasteiger charge is -2.08. The zero-order valence-electron chi connectivity index (χ0n) is 8.61. The Balaban J connectivity index is 0.000000292. The molecule has 0 aromatic carbocycles. The van der Waals surface area contributed by atoms with Crippen molar-refractivity contribution in [2.24, 2.45) is 0 Å². The predicted octanol–water partition coefficient (Wildman–Crippen LogP) is 0.203. The second-order valence-electron chi connectivity index (χ2n) is 3.72. The molecule has 1 fully saturated rings. The van der Waals surface area contributed by atoms with Gasteiger partial charge in [0, 0.05) is 19.6 Å². The summed E-state index contributed by atoms with van der Waals surface area (Å²) in [6.45, 7) is 3.12. The fourth-order valence-corrected chi connectivity index (χ4v) is 1.01. The topological polar surface area (TPSA) is 69.9 Å². The lowest BCUT2D eigenvalue weighted by molar-refractivity contribution is -0.127. The summed E-state index contributed by atoms with van der Waals surface area (Å²) in [7, 11) is 0. The highest BCUT2D eigenvalue weighted by molar-refractivity contribution is 4.74. The van der Waals surface area contributed by atoms with Crippen LogP contribution in [0.1, 0.15) is 26.7 Å². The standard InChI is InChI=1S/C6H11FO2.C3H8O2/c7-5-2-4-9-6(5)1-3-8;1-3(2,4)5/h5-6,8H,1-4H2;4-5H,1-2H3. The van der Waals surface area contributed by atoms with E-state index in [-0.39, 0.29) is 12.7 Å². The smallest absolute Gasteiger partial charge is 0.156 e. The van der Waals surface area contributed by atoms with Gasteiger partial charge in [-0.15, -0.1) is 0 Å². The first kappa shape index (κ1) is 13.8. The number of halogens is 1. The number of hydrogen-bond acceptors (Lipinski definition) is 4. The summed E-state index contributed by atoms with van der Waals surface area (Å²) in [4.78, 5) is 0. The Morgan fingerprint density at radius 1 is 1.43 bits per heavy atom. The minimum Gasteiger partial charge on any atom is -0.396 e. The van der Waals surface area contributed by atoms with Crippen LogP contribution >= 0.6 is 0 Å². The highest BCUT2D eigenvalue weighted by Gasteiger charge is 2.26. The van der Waals surface area contributed by atoms with E-state index in [9.17, 15) is 4.39 Å². The number of aliphatic hydroxyl groups excluding tert-OH is 1. The monoisotopic (exact) mass is 210 g/mol. The molecular weight excluding hydrogens is 191 g/mol. The quantitative estimate of drug-likeness (QED) is 0.570. The van der Waals surface area contributed by atoms with E-state index in [1.165, 1.54) is 13.8 Å². The van der Waals surface area contributed by atoms with Gasteiger partial charge in [-0.2, -0.15) is 0 Å². The molecule has 3 N–H and O–H groups in total. The van der Waals surface area contributed by atoms with E-state index in [0.717, 1.165) is 0 Å². The lowest BCUT2D eigenvalue weighted by atomic mass is 10.1. The van der Waals surface area contributed by atoms with Gasteiger partial charge in [0.25, 0.3) is 0 Å². The highest BCUT2D eigenvalue weighted by atomic mass is 19.1. The van der Waals surface area contributed by atoms with Gasteiger partial charge in [0.05, 0.1) is 6.10 Å². The number of ether oxygens (including phenoxy) is 1. The average molecular weight is 210 g/mol. The van der Waals surface area contributed by atoms with Crippen LogP contribution < -0.4 is 0 Å². The Bertz CT molecular complexity index is 140. The van der Waals surface area contributed by atoms with Crippen molar-refractivity contribution in [3.63, 3.8) is 0 Å². The molecule has 0 aliphatic carbocycles. The van der Waals surface area contributed by atoms with Crippen molar-refractivity contribution in [2.75, 3.05) is 13.2 Å². The molecule has 0 radical (unpaired) electrons. The first-order valence-corrected chi connectivity index (χ1v) is 4.66. The number of hydrogen-bond donors (Lipinski definition) is 3. The maximum atomic E-state index is 12.5. The van der Waals surface area contributed by atoms with Crippen molar-refractivity contribution in [3.05, 3.63) is 0 Å². The predicted molar refractivity (Wildman–Crippen MR) is 49.5 cm³/mol. The van der Waals surface area contributed by atoms with Gasteiger partial charge in [-0.25, -0.2) is 4.39 Å². The van der Waals surface area contributed by atoms with Gasteiger partial charge in [0.15, 0.2) is 5.79 Å².